The van der Waals surface area contributed by atoms with E-state index in [2.05, 4.69) is 24.5 Å². The van der Waals surface area contributed by atoms with Crippen molar-refractivity contribution in [1.29, 1.82) is 0 Å². The molecule has 0 aromatic heterocycles. The van der Waals surface area contributed by atoms with Crippen molar-refractivity contribution in [1.82, 2.24) is 0 Å². The molecule has 1 fully saturated rings. The van der Waals surface area contributed by atoms with Crippen molar-refractivity contribution in [3.8, 4) is 0 Å². The number of amides is 1. The second kappa shape index (κ2) is 6.75. The zero-order chi connectivity index (χ0) is 14.5. The Labute approximate surface area is 120 Å². The van der Waals surface area contributed by atoms with E-state index >= 15 is 0 Å². The third kappa shape index (κ3) is 3.97. The van der Waals surface area contributed by atoms with Crippen LogP contribution in [-0.4, -0.2) is 24.7 Å². The fraction of sp³-hybridized carbons (Fsp3) is 0.562. The summed E-state index contributed by atoms with van der Waals surface area (Å²) in [4.78, 5) is 11.5. The molecule has 20 heavy (non-hydrogen) atoms. The van der Waals surface area contributed by atoms with Gasteiger partial charge in [0.05, 0.1) is 6.10 Å². The molecule has 0 spiro atoms. The molecule has 1 aromatic carbocycles. The fourth-order valence-corrected chi connectivity index (χ4v) is 2.45. The lowest BCUT2D eigenvalue weighted by Gasteiger charge is -2.29. The van der Waals surface area contributed by atoms with Gasteiger partial charge in [0.1, 0.15) is 0 Å². The Kier molecular flexibility index (Phi) is 5.01. The van der Waals surface area contributed by atoms with E-state index in [-0.39, 0.29) is 5.91 Å². The molecular formula is C16H24N2O2. The van der Waals surface area contributed by atoms with Gasteiger partial charge in [-0.3, -0.25) is 4.79 Å². The van der Waals surface area contributed by atoms with Gasteiger partial charge >= 0.3 is 0 Å². The molecule has 2 N–H and O–H groups in total. The van der Waals surface area contributed by atoms with Crippen LogP contribution < -0.4 is 10.6 Å². The molecule has 0 radical (unpaired) electrons. The smallest absolute Gasteiger partial charge is 0.224 e. The number of anilines is 2. The number of rotatable bonds is 4. The zero-order valence-corrected chi connectivity index (χ0v) is 12.5. The SMILES string of the molecule is CCC(=O)Nc1ccc(C)c(NC2CCOC(C)C2)c1. The Bertz CT molecular complexity index is 474. The zero-order valence-electron chi connectivity index (χ0n) is 12.5. The van der Waals surface area contributed by atoms with Gasteiger partial charge in [0.15, 0.2) is 0 Å². The van der Waals surface area contributed by atoms with Crippen LogP contribution in [0.4, 0.5) is 11.4 Å². The van der Waals surface area contributed by atoms with Crippen molar-refractivity contribution in [2.45, 2.75) is 52.2 Å². The topological polar surface area (TPSA) is 50.4 Å². The Balaban J connectivity index is 2.06. The lowest BCUT2D eigenvalue weighted by atomic mass is 10.0. The molecule has 2 atom stereocenters. The summed E-state index contributed by atoms with van der Waals surface area (Å²) in [6, 6.07) is 6.44. The molecular weight excluding hydrogens is 252 g/mol. The van der Waals surface area contributed by atoms with Gasteiger partial charge in [-0.25, -0.2) is 0 Å². The number of benzene rings is 1. The molecule has 4 heteroatoms. The van der Waals surface area contributed by atoms with E-state index in [0.29, 0.717) is 18.6 Å². The first-order chi connectivity index (χ1) is 9.58. The first-order valence-electron chi connectivity index (χ1n) is 7.37. The van der Waals surface area contributed by atoms with Crippen LogP contribution in [0.25, 0.3) is 0 Å². The molecule has 1 aliphatic rings. The normalized spacial score (nSPS) is 22.4. The van der Waals surface area contributed by atoms with E-state index in [0.717, 1.165) is 30.8 Å². The van der Waals surface area contributed by atoms with Crippen LogP contribution >= 0.6 is 0 Å². The maximum absolute atomic E-state index is 11.5. The molecule has 2 unspecified atom stereocenters. The van der Waals surface area contributed by atoms with E-state index < -0.39 is 0 Å². The Hall–Kier alpha value is -1.55. The molecule has 1 amide bonds. The Morgan fingerprint density at radius 3 is 2.95 bits per heavy atom. The lowest BCUT2D eigenvalue weighted by Crippen LogP contribution is -2.32. The van der Waals surface area contributed by atoms with Crippen LogP contribution in [0.2, 0.25) is 0 Å². The minimum absolute atomic E-state index is 0.0412. The van der Waals surface area contributed by atoms with Gasteiger partial charge < -0.3 is 15.4 Å². The maximum Gasteiger partial charge on any atom is 0.224 e. The third-order valence-electron chi connectivity index (χ3n) is 3.69. The van der Waals surface area contributed by atoms with Gasteiger partial charge in [0.25, 0.3) is 0 Å². The highest BCUT2D eigenvalue weighted by atomic mass is 16.5. The second-order valence-corrected chi connectivity index (χ2v) is 5.48. The summed E-state index contributed by atoms with van der Waals surface area (Å²) in [6.45, 7) is 6.85. The van der Waals surface area contributed by atoms with Gasteiger partial charge in [-0.1, -0.05) is 13.0 Å². The summed E-state index contributed by atoms with van der Waals surface area (Å²) in [5, 5.41) is 6.48. The van der Waals surface area contributed by atoms with Crippen LogP contribution in [0.15, 0.2) is 18.2 Å². The summed E-state index contributed by atoms with van der Waals surface area (Å²) in [7, 11) is 0. The Morgan fingerprint density at radius 2 is 2.25 bits per heavy atom. The molecule has 1 aromatic rings. The third-order valence-corrected chi connectivity index (χ3v) is 3.69. The first-order valence-corrected chi connectivity index (χ1v) is 7.37. The summed E-state index contributed by atoms with van der Waals surface area (Å²) in [5.74, 6) is 0.0412. The number of hydrogen-bond acceptors (Lipinski definition) is 3. The summed E-state index contributed by atoms with van der Waals surface area (Å²) >= 11 is 0. The predicted octanol–water partition coefficient (Wildman–Crippen LogP) is 3.32. The summed E-state index contributed by atoms with van der Waals surface area (Å²) in [5.41, 5.74) is 3.14. The van der Waals surface area contributed by atoms with Crippen molar-refractivity contribution in [3.05, 3.63) is 23.8 Å². The van der Waals surface area contributed by atoms with E-state index in [1.807, 2.05) is 25.1 Å². The minimum atomic E-state index is 0.0412. The minimum Gasteiger partial charge on any atom is -0.382 e. The largest absolute Gasteiger partial charge is 0.382 e. The molecule has 0 bridgehead atoms. The molecule has 0 aliphatic carbocycles. The molecule has 1 heterocycles. The fourth-order valence-electron chi connectivity index (χ4n) is 2.45. The first kappa shape index (κ1) is 14.9. The van der Waals surface area contributed by atoms with Crippen molar-refractivity contribution in [2.75, 3.05) is 17.2 Å². The molecule has 1 aliphatic heterocycles. The highest BCUT2D eigenvalue weighted by Gasteiger charge is 2.19. The van der Waals surface area contributed by atoms with E-state index in [1.54, 1.807) is 0 Å². The second-order valence-electron chi connectivity index (χ2n) is 5.48. The lowest BCUT2D eigenvalue weighted by molar-refractivity contribution is -0.115. The van der Waals surface area contributed by atoms with E-state index in [9.17, 15) is 4.79 Å². The van der Waals surface area contributed by atoms with Gasteiger partial charge in [-0.05, 0) is 44.4 Å². The number of carbonyl (C=O) groups is 1. The van der Waals surface area contributed by atoms with Crippen molar-refractivity contribution in [3.63, 3.8) is 0 Å². The highest BCUT2D eigenvalue weighted by molar-refractivity contribution is 5.91. The number of carbonyl (C=O) groups excluding carboxylic acids is 1. The number of nitrogens with one attached hydrogen (secondary N) is 2. The molecule has 0 saturated carbocycles. The van der Waals surface area contributed by atoms with Gasteiger partial charge in [-0.2, -0.15) is 0 Å². The average Bonchev–Trinajstić information content (AvgIpc) is 2.42. The van der Waals surface area contributed by atoms with Crippen LogP contribution in [-0.2, 0) is 9.53 Å². The standard InChI is InChI=1S/C16H24N2O2/c1-4-16(19)18-13-6-5-11(2)15(10-13)17-14-7-8-20-12(3)9-14/h5-6,10,12,14,17H,4,7-9H2,1-3H3,(H,18,19). The number of ether oxygens (including phenoxy) is 1. The van der Waals surface area contributed by atoms with Gasteiger partial charge in [0, 0.05) is 30.4 Å². The van der Waals surface area contributed by atoms with Crippen LogP contribution in [0.5, 0.6) is 0 Å². The van der Waals surface area contributed by atoms with Crippen LogP contribution in [0.1, 0.15) is 38.7 Å². The quantitative estimate of drug-likeness (QED) is 0.887. The van der Waals surface area contributed by atoms with Crippen LogP contribution in [0, 0.1) is 6.92 Å². The predicted molar refractivity (Wildman–Crippen MR) is 82.2 cm³/mol. The summed E-state index contributed by atoms with van der Waals surface area (Å²) < 4.78 is 5.57. The number of aryl methyl sites for hydroxylation is 1. The molecule has 110 valence electrons. The van der Waals surface area contributed by atoms with Gasteiger partial charge in [-0.15, -0.1) is 0 Å². The van der Waals surface area contributed by atoms with Crippen molar-refractivity contribution >= 4 is 17.3 Å². The van der Waals surface area contributed by atoms with Crippen molar-refractivity contribution < 1.29 is 9.53 Å². The maximum atomic E-state index is 11.5. The van der Waals surface area contributed by atoms with Crippen molar-refractivity contribution in [2.24, 2.45) is 0 Å². The number of hydrogen-bond donors (Lipinski definition) is 2. The molecule has 1 saturated heterocycles. The molecule has 2 rings (SSSR count). The monoisotopic (exact) mass is 276 g/mol. The van der Waals surface area contributed by atoms with Crippen LogP contribution in [0.3, 0.4) is 0 Å². The highest BCUT2D eigenvalue weighted by Crippen LogP contribution is 2.24. The summed E-state index contributed by atoms with van der Waals surface area (Å²) in [6.07, 6.45) is 2.85. The average molecular weight is 276 g/mol. The Morgan fingerprint density at radius 1 is 1.45 bits per heavy atom. The van der Waals surface area contributed by atoms with E-state index in [1.165, 1.54) is 5.56 Å². The van der Waals surface area contributed by atoms with Gasteiger partial charge in [0.2, 0.25) is 5.91 Å². The van der Waals surface area contributed by atoms with E-state index in [4.69, 9.17) is 4.74 Å². The molecule has 4 nitrogen and oxygen atoms in total.